The van der Waals surface area contributed by atoms with Crippen LogP contribution in [0.15, 0.2) is 54.6 Å². The molecule has 4 N–H and O–H groups in total. The largest absolute Gasteiger partial charge is 0.387 e. The average Bonchev–Trinajstić information content (AvgIpc) is 2.69. The van der Waals surface area contributed by atoms with E-state index >= 15 is 0 Å². The van der Waals surface area contributed by atoms with Crippen molar-refractivity contribution in [3.05, 3.63) is 71.3 Å². The van der Waals surface area contributed by atoms with Crippen LogP contribution < -0.4 is 11.1 Å². The number of aliphatic hydroxyl groups is 1. The Morgan fingerprint density at radius 1 is 0.846 bits per heavy atom. The summed E-state index contributed by atoms with van der Waals surface area (Å²) in [6.45, 7) is 3.76. The molecule has 0 amide bonds. The molecule has 0 saturated heterocycles. The highest BCUT2D eigenvalue weighted by atomic mass is 16.3. The van der Waals surface area contributed by atoms with Gasteiger partial charge in [-0.25, -0.2) is 0 Å². The van der Waals surface area contributed by atoms with Crippen molar-refractivity contribution < 1.29 is 5.11 Å². The Balaban J connectivity index is 1.61. The van der Waals surface area contributed by atoms with Crippen LogP contribution in [0.4, 0.5) is 0 Å². The van der Waals surface area contributed by atoms with Crippen molar-refractivity contribution in [3.63, 3.8) is 0 Å². The van der Waals surface area contributed by atoms with Crippen LogP contribution in [0.2, 0.25) is 0 Å². The van der Waals surface area contributed by atoms with Crippen molar-refractivity contribution in [2.24, 2.45) is 5.73 Å². The number of unbranched alkanes of at least 4 members (excludes halogenated alkanes) is 2. The summed E-state index contributed by atoms with van der Waals surface area (Å²) in [7, 11) is 0. The first kappa shape index (κ1) is 20.6. The number of rotatable bonds is 12. The van der Waals surface area contributed by atoms with Crippen molar-refractivity contribution >= 4 is 0 Å². The number of hydrogen-bond donors (Lipinski definition) is 3. The number of hydrogen-bond acceptors (Lipinski definition) is 3. The summed E-state index contributed by atoms with van der Waals surface area (Å²) < 4.78 is 0. The summed E-state index contributed by atoms with van der Waals surface area (Å²) in [6.07, 6.45) is 6.34. The molecular weight excluding hydrogens is 320 g/mol. The maximum Gasteiger partial charge on any atom is 0.0940 e. The highest BCUT2D eigenvalue weighted by molar-refractivity contribution is 5.22. The van der Waals surface area contributed by atoms with Crippen LogP contribution in [-0.4, -0.2) is 24.2 Å². The van der Waals surface area contributed by atoms with E-state index in [1.807, 2.05) is 37.3 Å². The lowest BCUT2D eigenvalue weighted by molar-refractivity contribution is 0.136. The number of nitrogens with one attached hydrogen (secondary N) is 1. The Labute approximate surface area is 158 Å². The van der Waals surface area contributed by atoms with E-state index in [0.717, 1.165) is 50.8 Å². The molecule has 0 radical (unpaired) electrons. The number of aliphatic hydroxyl groups excluding tert-OH is 1. The molecule has 26 heavy (non-hydrogen) atoms. The van der Waals surface area contributed by atoms with Gasteiger partial charge in [0.2, 0.25) is 0 Å². The predicted molar refractivity (Wildman–Crippen MR) is 110 cm³/mol. The number of nitrogens with two attached hydrogens (primary N) is 1. The van der Waals surface area contributed by atoms with E-state index in [9.17, 15) is 5.11 Å². The van der Waals surface area contributed by atoms with E-state index < -0.39 is 6.10 Å². The lowest BCUT2D eigenvalue weighted by atomic mass is 10.0. The summed E-state index contributed by atoms with van der Waals surface area (Å²) in [6, 6.07) is 18.9. The van der Waals surface area contributed by atoms with E-state index in [1.54, 1.807) is 0 Å². The zero-order valence-corrected chi connectivity index (χ0v) is 16.0. The molecule has 2 rings (SSSR count). The Morgan fingerprint density at radius 2 is 1.42 bits per heavy atom. The summed E-state index contributed by atoms with van der Waals surface area (Å²) in [5, 5.41) is 13.8. The fourth-order valence-electron chi connectivity index (χ4n) is 3.18. The zero-order valence-electron chi connectivity index (χ0n) is 16.0. The summed E-state index contributed by atoms with van der Waals surface area (Å²) in [5.74, 6) is 0. The molecule has 0 spiro atoms. The topological polar surface area (TPSA) is 58.3 Å². The van der Waals surface area contributed by atoms with Gasteiger partial charge >= 0.3 is 0 Å². The van der Waals surface area contributed by atoms with Crippen LogP contribution in [0.25, 0.3) is 0 Å². The van der Waals surface area contributed by atoms with E-state index in [2.05, 4.69) is 29.6 Å². The van der Waals surface area contributed by atoms with E-state index in [1.165, 1.54) is 17.5 Å². The molecule has 0 unspecified atom stereocenters. The second-order valence-corrected chi connectivity index (χ2v) is 7.12. The third-order valence-electron chi connectivity index (χ3n) is 4.92. The molecule has 0 aliphatic rings. The van der Waals surface area contributed by atoms with Gasteiger partial charge in [0.15, 0.2) is 0 Å². The first-order chi connectivity index (χ1) is 12.7. The maximum atomic E-state index is 10.4. The van der Waals surface area contributed by atoms with Crippen LogP contribution >= 0.6 is 0 Å². The minimum Gasteiger partial charge on any atom is -0.387 e. The van der Waals surface area contributed by atoms with Crippen LogP contribution in [-0.2, 0) is 12.8 Å². The lowest BCUT2D eigenvalue weighted by Crippen LogP contribution is -2.32. The zero-order chi connectivity index (χ0) is 18.6. The van der Waals surface area contributed by atoms with Gasteiger partial charge in [0.05, 0.1) is 6.10 Å². The molecule has 0 aromatic heterocycles. The van der Waals surface area contributed by atoms with Gasteiger partial charge in [0, 0.05) is 6.04 Å². The average molecular weight is 355 g/mol. The summed E-state index contributed by atoms with van der Waals surface area (Å²) >= 11 is 0. The van der Waals surface area contributed by atoms with Crippen molar-refractivity contribution in [1.29, 1.82) is 0 Å². The van der Waals surface area contributed by atoms with Crippen LogP contribution in [0, 0.1) is 0 Å². The minimum atomic E-state index is -0.456. The van der Waals surface area contributed by atoms with Crippen molar-refractivity contribution in [3.8, 4) is 0 Å². The van der Waals surface area contributed by atoms with Gasteiger partial charge in [-0.05, 0) is 75.2 Å². The van der Waals surface area contributed by atoms with Crippen molar-refractivity contribution in [2.45, 2.75) is 57.6 Å². The molecule has 0 saturated carbocycles. The third-order valence-corrected chi connectivity index (χ3v) is 4.92. The SMILES string of the molecule is C[C@H](NCCCCc1ccc(CCCCN)cc1)[C@H](O)c1ccccc1. The third kappa shape index (κ3) is 7.28. The first-order valence-corrected chi connectivity index (χ1v) is 9.95. The Hall–Kier alpha value is -1.68. The smallest absolute Gasteiger partial charge is 0.0940 e. The van der Waals surface area contributed by atoms with E-state index in [0.29, 0.717) is 0 Å². The quantitative estimate of drug-likeness (QED) is 0.505. The van der Waals surface area contributed by atoms with Gasteiger partial charge in [-0.1, -0.05) is 54.6 Å². The number of aryl methyl sites for hydroxylation is 2. The fourth-order valence-corrected chi connectivity index (χ4v) is 3.18. The molecular formula is C23H34N2O. The second kappa shape index (κ2) is 11.8. The molecule has 0 aliphatic carbocycles. The monoisotopic (exact) mass is 354 g/mol. The summed E-state index contributed by atoms with van der Waals surface area (Å²) in [5.41, 5.74) is 9.33. The van der Waals surface area contributed by atoms with E-state index in [4.69, 9.17) is 5.73 Å². The normalized spacial score (nSPS) is 13.5. The Morgan fingerprint density at radius 3 is 2.00 bits per heavy atom. The molecule has 3 nitrogen and oxygen atoms in total. The maximum absolute atomic E-state index is 10.4. The number of benzene rings is 2. The molecule has 142 valence electrons. The fraction of sp³-hybridized carbons (Fsp3) is 0.478. The summed E-state index contributed by atoms with van der Waals surface area (Å²) in [4.78, 5) is 0. The highest BCUT2D eigenvalue weighted by Crippen LogP contribution is 2.16. The van der Waals surface area contributed by atoms with Crippen LogP contribution in [0.1, 0.15) is 55.4 Å². The molecule has 2 aromatic carbocycles. The van der Waals surface area contributed by atoms with Crippen LogP contribution in [0.3, 0.4) is 0 Å². The molecule has 0 heterocycles. The lowest BCUT2D eigenvalue weighted by Gasteiger charge is -2.20. The molecule has 0 aliphatic heterocycles. The van der Waals surface area contributed by atoms with Gasteiger partial charge in [-0.3, -0.25) is 0 Å². The first-order valence-electron chi connectivity index (χ1n) is 9.95. The van der Waals surface area contributed by atoms with Gasteiger partial charge in [0.1, 0.15) is 0 Å². The van der Waals surface area contributed by atoms with Gasteiger partial charge < -0.3 is 16.2 Å². The van der Waals surface area contributed by atoms with Gasteiger partial charge in [-0.2, -0.15) is 0 Å². The molecule has 3 heteroatoms. The second-order valence-electron chi connectivity index (χ2n) is 7.12. The molecule has 0 bridgehead atoms. The Kier molecular flexibility index (Phi) is 9.40. The van der Waals surface area contributed by atoms with Crippen molar-refractivity contribution in [1.82, 2.24) is 5.32 Å². The standard InChI is InChI=1S/C23H34N2O/c1-19(23(26)22-11-3-2-4-12-22)25-18-8-6-10-21-15-13-20(14-16-21)9-5-7-17-24/h2-4,11-16,19,23,25-26H,5-10,17-18,24H2,1H3/t19-,23-/m0/s1. The van der Waals surface area contributed by atoms with Crippen LogP contribution in [0.5, 0.6) is 0 Å². The highest BCUT2D eigenvalue weighted by Gasteiger charge is 2.14. The minimum absolute atomic E-state index is 0.0604. The molecule has 0 fully saturated rings. The van der Waals surface area contributed by atoms with E-state index in [-0.39, 0.29) is 6.04 Å². The molecule has 2 atom stereocenters. The Bertz CT molecular complexity index is 597. The van der Waals surface area contributed by atoms with Crippen molar-refractivity contribution in [2.75, 3.05) is 13.1 Å². The molecule has 2 aromatic rings. The van der Waals surface area contributed by atoms with Gasteiger partial charge in [0.25, 0.3) is 0 Å². The predicted octanol–water partition coefficient (Wildman–Crippen LogP) is 4.00. The van der Waals surface area contributed by atoms with Gasteiger partial charge in [-0.15, -0.1) is 0 Å².